The molecule has 1 fully saturated rings. The second-order valence-electron chi connectivity index (χ2n) is 4.74. The number of alkyl halides is 1. The Morgan fingerprint density at radius 1 is 1.53 bits per heavy atom. The molecule has 1 rings (SSSR count). The highest BCUT2D eigenvalue weighted by atomic mass is 79.9. The number of piperidine rings is 1. The average molecular weight is 276 g/mol. The smallest absolute Gasteiger partial charge is 0.236 e. The van der Waals surface area contributed by atoms with Crippen LogP contribution in [0.3, 0.4) is 0 Å². The SMILES string of the molecule is CCC(C)CC(C)N1CCCC(Br)C1=O. The lowest BCUT2D eigenvalue weighted by molar-refractivity contribution is -0.134. The summed E-state index contributed by atoms with van der Waals surface area (Å²) in [6.45, 7) is 7.59. The molecular weight excluding hydrogens is 254 g/mol. The van der Waals surface area contributed by atoms with Crippen LogP contribution in [-0.2, 0) is 4.79 Å². The molecule has 88 valence electrons. The summed E-state index contributed by atoms with van der Waals surface area (Å²) in [5.74, 6) is 1.00. The van der Waals surface area contributed by atoms with Crippen molar-refractivity contribution in [2.75, 3.05) is 6.54 Å². The Hall–Kier alpha value is -0.0500. The van der Waals surface area contributed by atoms with Gasteiger partial charge in [0.25, 0.3) is 0 Å². The van der Waals surface area contributed by atoms with E-state index < -0.39 is 0 Å². The Bertz CT molecular complexity index is 220. The van der Waals surface area contributed by atoms with Gasteiger partial charge >= 0.3 is 0 Å². The molecule has 0 spiro atoms. The molecule has 3 unspecified atom stereocenters. The predicted molar refractivity (Wildman–Crippen MR) is 67.2 cm³/mol. The number of carbonyl (C=O) groups is 1. The Kier molecular flexibility index (Phi) is 5.10. The molecule has 0 radical (unpaired) electrons. The van der Waals surface area contributed by atoms with Gasteiger partial charge in [-0.05, 0) is 32.1 Å². The van der Waals surface area contributed by atoms with E-state index in [1.807, 2.05) is 0 Å². The molecule has 0 bridgehead atoms. The molecule has 1 amide bonds. The minimum absolute atomic E-state index is 0.0608. The molecule has 0 aromatic carbocycles. The van der Waals surface area contributed by atoms with E-state index in [1.165, 1.54) is 6.42 Å². The minimum Gasteiger partial charge on any atom is -0.339 e. The van der Waals surface area contributed by atoms with Crippen molar-refractivity contribution in [3.63, 3.8) is 0 Å². The molecule has 15 heavy (non-hydrogen) atoms. The van der Waals surface area contributed by atoms with E-state index in [0.717, 1.165) is 25.8 Å². The van der Waals surface area contributed by atoms with Gasteiger partial charge in [-0.2, -0.15) is 0 Å². The highest BCUT2D eigenvalue weighted by Gasteiger charge is 2.29. The molecule has 0 aromatic rings. The first kappa shape index (κ1) is 13.0. The van der Waals surface area contributed by atoms with Crippen molar-refractivity contribution in [3.8, 4) is 0 Å². The summed E-state index contributed by atoms with van der Waals surface area (Å²) in [6.07, 6.45) is 4.45. The first-order chi connectivity index (χ1) is 7.06. The highest BCUT2D eigenvalue weighted by molar-refractivity contribution is 9.10. The molecule has 0 N–H and O–H groups in total. The van der Waals surface area contributed by atoms with Crippen LogP contribution in [0.1, 0.15) is 46.5 Å². The van der Waals surface area contributed by atoms with Crippen molar-refractivity contribution < 1.29 is 4.79 Å². The van der Waals surface area contributed by atoms with Crippen LogP contribution in [0.5, 0.6) is 0 Å². The van der Waals surface area contributed by atoms with Crippen LogP contribution >= 0.6 is 15.9 Å². The van der Waals surface area contributed by atoms with E-state index in [9.17, 15) is 4.79 Å². The van der Waals surface area contributed by atoms with Crippen LogP contribution in [0.2, 0.25) is 0 Å². The first-order valence-electron chi connectivity index (χ1n) is 6.00. The molecule has 1 aliphatic heterocycles. The monoisotopic (exact) mass is 275 g/mol. The van der Waals surface area contributed by atoms with Gasteiger partial charge in [-0.3, -0.25) is 4.79 Å². The maximum absolute atomic E-state index is 11.9. The molecule has 0 saturated carbocycles. The molecule has 3 heteroatoms. The quantitative estimate of drug-likeness (QED) is 0.722. The lowest BCUT2D eigenvalue weighted by Gasteiger charge is -2.35. The zero-order chi connectivity index (χ0) is 11.4. The third-order valence-corrected chi connectivity index (χ3v) is 4.23. The van der Waals surface area contributed by atoms with Gasteiger partial charge in [-0.15, -0.1) is 0 Å². The number of nitrogens with zero attached hydrogens (tertiary/aromatic N) is 1. The molecule has 3 atom stereocenters. The molecule has 1 aliphatic rings. The Morgan fingerprint density at radius 3 is 2.80 bits per heavy atom. The summed E-state index contributed by atoms with van der Waals surface area (Å²) >= 11 is 3.45. The van der Waals surface area contributed by atoms with Gasteiger partial charge in [0, 0.05) is 12.6 Å². The van der Waals surface area contributed by atoms with Crippen molar-refractivity contribution in [2.24, 2.45) is 5.92 Å². The van der Waals surface area contributed by atoms with Crippen molar-refractivity contribution in [1.82, 2.24) is 4.90 Å². The van der Waals surface area contributed by atoms with Gasteiger partial charge in [0.2, 0.25) is 5.91 Å². The fourth-order valence-corrected chi connectivity index (χ4v) is 2.75. The minimum atomic E-state index is 0.0608. The lowest BCUT2D eigenvalue weighted by atomic mass is 9.97. The maximum atomic E-state index is 11.9. The number of hydrogen-bond donors (Lipinski definition) is 0. The third-order valence-electron chi connectivity index (χ3n) is 3.38. The fourth-order valence-electron chi connectivity index (χ4n) is 2.17. The van der Waals surface area contributed by atoms with Gasteiger partial charge in [0.15, 0.2) is 0 Å². The Labute approximate surface area is 102 Å². The molecule has 1 saturated heterocycles. The largest absolute Gasteiger partial charge is 0.339 e. The Morgan fingerprint density at radius 2 is 2.20 bits per heavy atom. The summed E-state index contributed by atoms with van der Waals surface area (Å²) in [6, 6.07) is 0.396. The van der Waals surface area contributed by atoms with E-state index in [1.54, 1.807) is 0 Å². The van der Waals surface area contributed by atoms with Crippen molar-refractivity contribution >= 4 is 21.8 Å². The van der Waals surface area contributed by atoms with Crippen molar-refractivity contribution in [3.05, 3.63) is 0 Å². The van der Waals surface area contributed by atoms with E-state index in [-0.39, 0.29) is 10.7 Å². The van der Waals surface area contributed by atoms with Crippen LogP contribution < -0.4 is 0 Å². The van der Waals surface area contributed by atoms with Crippen LogP contribution in [0.25, 0.3) is 0 Å². The predicted octanol–water partition coefficient (Wildman–Crippen LogP) is 3.20. The fraction of sp³-hybridized carbons (Fsp3) is 0.917. The summed E-state index contributed by atoms with van der Waals surface area (Å²) in [5, 5.41) is 0. The van der Waals surface area contributed by atoms with Crippen LogP contribution in [0, 0.1) is 5.92 Å². The standard InChI is InChI=1S/C12H22BrNO/c1-4-9(2)8-10(3)14-7-5-6-11(13)12(14)15/h9-11H,4-8H2,1-3H3. The van der Waals surface area contributed by atoms with Gasteiger partial charge < -0.3 is 4.90 Å². The number of hydrogen-bond acceptors (Lipinski definition) is 1. The highest BCUT2D eigenvalue weighted by Crippen LogP contribution is 2.23. The average Bonchev–Trinajstić information content (AvgIpc) is 2.21. The van der Waals surface area contributed by atoms with Crippen LogP contribution in [-0.4, -0.2) is 28.2 Å². The number of rotatable bonds is 4. The molecule has 0 aromatic heterocycles. The summed E-state index contributed by atoms with van der Waals surface area (Å²) in [7, 11) is 0. The molecular formula is C12H22BrNO. The van der Waals surface area contributed by atoms with Gasteiger partial charge in [0.1, 0.15) is 0 Å². The number of amides is 1. The zero-order valence-corrected chi connectivity index (χ0v) is 11.6. The van der Waals surface area contributed by atoms with Crippen LogP contribution in [0.4, 0.5) is 0 Å². The first-order valence-corrected chi connectivity index (χ1v) is 6.92. The maximum Gasteiger partial charge on any atom is 0.236 e. The van der Waals surface area contributed by atoms with E-state index in [0.29, 0.717) is 12.0 Å². The van der Waals surface area contributed by atoms with E-state index in [2.05, 4.69) is 41.6 Å². The molecule has 1 heterocycles. The topological polar surface area (TPSA) is 20.3 Å². The van der Waals surface area contributed by atoms with Gasteiger partial charge in [0.05, 0.1) is 4.83 Å². The zero-order valence-electron chi connectivity index (χ0n) is 10.0. The molecule has 0 aliphatic carbocycles. The third kappa shape index (κ3) is 3.47. The summed E-state index contributed by atoms with van der Waals surface area (Å²) in [4.78, 5) is 14.0. The van der Waals surface area contributed by atoms with Gasteiger partial charge in [-0.1, -0.05) is 36.2 Å². The summed E-state index contributed by atoms with van der Waals surface area (Å²) < 4.78 is 0. The van der Waals surface area contributed by atoms with E-state index in [4.69, 9.17) is 0 Å². The number of halogens is 1. The van der Waals surface area contributed by atoms with Crippen molar-refractivity contribution in [2.45, 2.75) is 57.3 Å². The second kappa shape index (κ2) is 5.88. The van der Waals surface area contributed by atoms with Crippen molar-refractivity contribution in [1.29, 1.82) is 0 Å². The number of carbonyl (C=O) groups excluding carboxylic acids is 1. The lowest BCUT2D eigenvalue weighted by Crippen LogP contribution is -2.47. The summed E-state index contributed by atoms with van der Waals surface area (Å²) in [5.41, 5.74) is 0. The number of likely N-dealkylation sites (tertiary alicyclic amines) is 1. The van der Waals surface area contributed by atoms with E-state index >= 15 is 0 Å². The second-order valence-corrected chi connectivity index (χ2v) is 5.84. The Balaban J connectivity index is 2.50. The van der Waals surface area contributed by atoms with Gasteiger partial charge in [-0.25, -0.2) is 0 Å². The molecule has 2 nitrogen and oxygen atoms in total. The van der Waals surface area contributed by atoms with Crippen LogP contribution in [0.15, 0.2) is 0 Å². The normalized spacial score (nSPS) is 26.5.